The lowest BCUT2D eigenvalue weighted by molar-refractivity contribution is 1.17. The number of aryl methyl sites for hydroxylation is 2. The zero-order valence-corrected chi connectivity index (χ0v) is 8.77. The molecule has 3 rings (SSSR count). The van der Waals surface area contributed by atoms with Gasteiger partial charge >= 0.3 is 0 Å². The minimum absolute atomic E-state index is 0.943. The van der Waals surface area contributed by atoms with Crippen LogP contribution in [-0.2, 0) is 0 Å². The highest BCUT2D eigenvalue weighted by molar-refractivity contribution is 7.18. The van der Waals surface area contributed by atoms with Crippen LogP contribution in [0.2, 0.25) is 0 Å². The summed E-state index contributed by atoms with van der Waals surface area (Å²) in [4.78, 5) is 14.4. The van der Waals surface area contributed by atoms with Crippen molar-refractivity contribution in [1.82, 2.24) is 15.0 Å². The predicted octanol–water partition coefficient (Wildman–Crippen LogP) is 2.79. The Kier molecular flexibility index (Phi) is 1.44. The standard InChI is InChI=1S/C10H9N3S/c1-5-3-7-9-8(12-6(2)13-9)4-11-10(7)14-5/h3-4H,1-2H3,(H,12,13). The maximum absolute atomic E-state index is 4.47. The van der Waals surface area contributed by atoms with Gasteiger partial charge in [0, 0.05) is 10.3 Å². The Morgan fingerprint density at radius 1 is 1.36 bits per heavy atom. The van der Waals surface area contributed by atoms with Crippen LogP contribution in [0.1, 0.15) is 10.7 Å². The number of aromatic nitrogens is 3. The van der Waals surface area contributed by atoms with Crippen LogP contribution in [0.25, 0.3) is 21.3 Å². The first-order valence-corrected chi connectivity index (χ1v) is 5.27. The van der Waals surface area contributed by atoms with Crippen molar-refractivity contribution in [1.29, 1.82) is 0 Å². The van der Waals surface area contributed by atoms with Gasteiger partial charge in [0.1, 0.15) is 16.2 Å². The van der Waals surface area contributed by atoms with Crippen LogP contribution in [0.5, 0.6) is 0 Å². The third kappa shape index (κ3) is 0.974. The molecule has 0 aliphatic heterocycles. The minimum Gasteiger partial charge on any atom is -0.341 e. The molecule has 70 valence electrons. The lowest BCUT2D eigenvalue weighted by atomic mass is 10.3. The Labute approximate surface area is 84.8 Å². The Balaban J connectivity index is 2.58. The van der Waals surface area contributed by atoms with Gasteiger partial charge in [-0.3, -0.25) is 0 Å². The molecule has 3 nitrogen and oxygen atoms in total. The highest BCUT2D eigenvalue weighted by atomic mass is 32.1. The molecule has 0 radical (unpaired) electrons. The summed E-state index contributed by atoms with van der Waals surface area (Å²) < 4.78 is 0. The number of H-pyrrole nitrogens is 1. The first-order chi connectivity index (χ1) is 6.74. The summed E-state index contributed by atoms with van der Waals surface area (Å²) in [5.74, 6) is 0.943. The number of fused-ring (bicyclic) bond motifs is 3. The van der Waals surface area contributed by atoms with E-state index in [4.69, 9.17) is 0 Å². The number of pyridine rings is 1. The Hall–Kier alpha value is -1.42. The van der Waals surface area contributed by atoms with Crippen molar-refractivity contribution in [2.24, 2.45) is 0 Å². The maximum atomic E-state index is 4.47. The highest BCUT2D eigenvalue weighted by Crippen LogP contribution is 2.28. The van der Waals surface area contributed by atoms with Crippen LogP contribution in [0, 0.1) is 13.8 Å². The smallest absolute Gasteiger partial charge is 0.125 e. The fourth-order valence-electron chi connectivity index (χ4n) is 1.70. The van der Waals surface area contributed by atoms with Crippen molar-refractivity contribution < 1.29 is 0 Å². The first-order valence-electron chi connectivity index (χ1n) is 4.45. The van der Waals surface area contributed by atoms with Crippen molar-refractivity contribution in [3.63, 3.8) is 0 Å². The summed E-state index contributed by atoms with van der Waals surface area (Å²) in [5, 5.41) is 1.16. The second-order valence-electron chi connectivity index (χ2n) is 3.42. The van der Waals surface area contributed by atoms with Crippen molar-refractivity contribution in [2.75, 3.05) is 0 Å². The van der Waals surface area contributed by atoms with E-state index in [1.54, 1.807) is 11.3 Å². The molecule has 0 aromatic carbocycles. The van der Waals surface area contributed by atoms with E-state index in [0.717, 1.165) is 27.1 Å². The van der Waals surface area contributed by atoms with Crippen LogP contribution in [0.4, 0.5) is 0 Å². The summed E-state index contributed by atoms with van der Waals surface area (Å²) in [5.41, 5.74) is 2.06. The molecule has 0 atom stereocenters. The van der Waals surface area contributed by atoms with E-state index in [2.05, 4.69) is 27.9 Å². The molecule has 4 heteroatoms. The van der Waals surface area contributed by atoms with Crippen LogP contribution >= 0.6 is 11.3 Å². The Bertz CT molecular complexity index is 565. The molecule has 0 aliphatic carbocycles. The average Bonchev–Trinajstić information content (AvgIpc) is 2.65. The van der Waals surface area contributed by atoms with Gasteiger partial charge in [0.15, 0.2) is 0 Å². The first kappa shape index (κ1) is 7.94. The molecule has 3 aromatic heterocycles. The van der Waals surface area contributed by atoms with Gasteiger partial charge in [-0.2, -0.15) is 0 Å². The van der Waals surface area contributed by atoms with Gasteiger partial charge in [-0.1, -0.05) is 0 Å². The number of aromatic amines is 1. The quantitative estimate of drug-likeness (QED) is 0.610. The summed E-state index contributed by atoms with van der Waals surface area (Å²) in [6, 6.07) is 2.15. The Morgan fingerprint density at radius 3 is 3.07 bits per heavy atom. The molecule has 0 saturated carbocycles. The fourth-order valence-corrected chi connectivity index (χ4v) is 2.55. The van der Waals surface area contributed by atoms with Gasteiger partial charge in [-0.25, -0.2) is 9.97 Å². The van der Waals surface area contributed by atoms with E-state index in [9.17, 15) is 0 Å². The molecule has 0 spiro atoms. The van der Waals surface area contributed by atoms with E-state index in [0.29, 0.717) is 0 Å². The van der Waals surface area contributed by atoms with E-state index in [1.165, 1.54) is 4.88 Å². The summed E-state index contributed by atoms with van der Waals surface area (Å²) >= 11 is 1.71. The minimum atomic E-state index is 0.943. The highest BCUT2D eigenvalue weighted by Gasteiger charge is 2.07. The van der Waals surface area contributed by atoms with E-state index in [1.807, 2.05) is 13.1 Å². The van der Waals surface area contributed by atoms with Crippen molar-refractivity contribution >= 4 is 32.6 Å². The molecule has 0 aliphatic rings. The number of imidazole rings is 1. The molecule has 0 saturated heterocycles. The van der Waals surface area contributed by atoms with Crippen LogP contribution in [0.3, 0.4) is 0 Å². The zero-order valence-electron chi connectivity index (χ0n) is 7.96. The van der Waals surface area contributed by atoms with E-state index in [-0.39, 0.29) is 0 Å². The van der Waals surface area contributed by atoms with E-state index >= 15 is 0 Å². The fraction of sp³-hybridized carbons (Fsp3) is 0.200. The van der Waals surface area contributed by atoms with Gasteiger partial charge in [0.2, 0.25) is 0 Å². The molecule has 1 N–H and O–H groups in total. The van der Waals surface area contributed by atoms with Crippen LogP contribution < -0.4 is 0 Å². The van der Waals surface area contributed by atoms with Crippen molar-refractivity contribution in [2.45, 2.75) is 13.8 Å². The lowest BCUT2D eigenvalue weighted by Gasteiger charge is -1.88. The van der Waals surface area contributed by atoms with Crippen LogP contribution in [-0.4, -0.2) is 15.0 Å². The molecular weight excluding hydrogens is 194 g/mol. The molecule has 0 unspecified atom stereocenters. The molecule has 3 heterocycles. The molecule has 0 amide bonds. The average molecular weight is 203 g/mol. The van der Waals surface area contributed by atoms with Gasteiger partial charge in [-0.15, -0.1) is 11.3 Å². The topological polar surface area (TPSA) is 41.6 Å². The summed E-state index contributed by atoms with van der Waals surface area (Å²) in [6.07, 6.45) is 1.85. The number of hydrogen-bond donors (Lipinski definition) is 1. The monoisotopic (exact) mass is 203 g/mol. The molecule has 14 heavy (non-hydrogen) atoms. The van der Waals surface area contributed by atoms with Gasteiger partial charge in [-0.05, 0) is 19.9 Å². The second kappa shape index (κ2) is 2.54. The maximum Gasteiger partial charge on any atom is 0.125 e. The molecule has 0 bridgehead atoms. The number of thiophene rings is 1. The second-order valence-corrected chi connectivity index (χ2v) is 4.65. The van der Waals surface area contributed by atoms with E-state index < -0.39 is 0 Å². The zero-order chi connectivity index (χ0) is 9.71. The summed E-state index contributed by atoms with van der Waals surface area (Å²) in [6.45, 7) is 4.06. The number of nitrogens with zero attached hydrogens (tertiary/aromatic N) is 2. The van der Waals surface area contributed by atoms with Crippen LogP contribution in [0.15, 0.2) is 12.3 Å². The number of rotatable bonds is 0. The third-order valence-corrected chi connectivity index (χ3v) is 3.21. The predicted molar refractivity (Wildman–Crippen MR) is 58.7 cm³/mol. The lowest BCUT2D eigenvalue weighted by Crippen LogP contribution is -1.74. The van der Waals surface area contributed by atoms with Gasteiger partial charge in [0.05, 0.1) is 11.7 Å². The van der Waals surface area contributed by atoms with Gasteiger partial charge < -0.3 is 4.98 Å². The Morgan fingerprint density at radius 2 is 2.21 bits per heavy atom. The summed E-state index contributed by atoms with van der Waals surface area (Å²) in [7, 11) is 0. The normalized spacial score (nSPS) is 11.6. The largest absolute Gasteiger partial charge is 0.341 e. The number of hydrogen-bond acceptors (Lipinski definition) is 3. The molecular formula is C10H9N3S. The van der Waals surface area contributed by atoms with Crippen molar-refractivity contribution in [3.05, 3.63) is 23.0 Å². The molecule has 0 fully saturated rings. The SMILES string of the molecule is Cc1nc2c(cnc3sc(C)cc32)[nH]1. The van der Waals surface area contributed by atoms with Gasteiger partial charge in [0.25, 0.3) is 0 Å². The van der Waals surface area contributed by atoms with Crippen molar-refractivity contribution in [3.8, 4) is 0 Å². The molecule has 3 aromatic rings. The number of nitrogens with one attached hydrogen (secondary N) is 1. The third-order valence-electron chi connectivity index (χ3n) is 2.25.